The Morgan fingerprint density at radius 1 is 0.800 bits per heavy atom. The minimum absolute atomic E-state index is 0.0241. The van der Waals surface area contributed by atoms with Gasteiger partial charge in [-0.2, -0.15) is 8.78 Å². The Bertz CT molecular complexity index is 412. The maximum Gasteiger partial charge on any atom is 0.266 e. The van der Waals surface area contributed by atoms with Crippen molar-refractivity contribution in [1.82, 2.24) is 0 Å². The van der Waals surface area contributed by atoms with Crippen molar-refractivity contribution in [3.63, 3.8) is 0 Å². The van der Waals surface area contributed by atoms with Crippen LogP contribution in [0.2, 0.25) is 0 Å². The SMILES string of the molecule is CCCC1OCC(C2CCC(C3CCC(C=C(F)F)CC3)CC2)CO1. The monoisotopic (exact) mass is 356 g/mol. The quantitative estimate of drug-likeness (QED) is 0.586. The minimum Gasteiger partial charge on any atom is -0.352 e. The van der Waals surface area contributed by atoms with Gasteiger partial charge in [-0.15, -0.1) is 0 Å². The third-order valence-corrected chi connectivity index (χ3v) is 6.84. The van der Waals surface area contributed by atoms with Gasteiger partial charge >= 0.3 is 0 Å². The van der Waals surface area contributed by atoms with Crippen LogP contribution in [0.4, 0.5) is 8.78 Å². The summed E-state index contributed by atoms with van der Waals surface area (Å²) < 4.78 is 36.6. The smallest absolute Gasteiger partial charge is 0.266 e. The van der Waals surface area contributed by atoms with E-state index in [9.17, 15) is 8.78 Å². The molecule has 0 N–H and O–H groups in total. The van der Waals surface area contributed by atoms with Crippen molar-refractivity contribution < 1.29 is 18.3 Å². The van der Waals surface area contributed by atoms with Crippen LogP contribution in [-0.4, -0.2) is 19.5 Å². The summed E-state index contributed by atoms with van der Waals surface area (Å²) in [4.78, 5) is 0. The average molecular weight is 356 g/mol. The van der Waals surface area contributed by atoms with E-state index in [1.165, 1.54) is 31.8 Å². The third kappa shape index (κ3) is 5.50. The van der Waals surface area contributed by atoms with E-state index in [0.29, 0.717) is 5.92 Å². The molecule has 2 nitrogen and oxygen atoms in total. The Balaban J connectivity index is 1.37. The van der Waals surface area contributed by atoms with Crippen LogP contribution in [0.1, 0.15) is 71.1 Å². The fourth-order valence-electron chi connectivity index (χ4n) is 5.28. The van der Waals surface area contributed by atoms with Crippen molar-refractivity contribution in [3.8, 4) is 0 Å². The Morgan fingerprint density at radius 3 is 1.76 bits per heavy atom. The summed E-state index contributed by atoms with van der Waals surface area (Å²) in [5.41, 5.74) is 0. The Morgan fingerprint density at radius 2 is 1.28 bits per heavy atom. The molecule has 0 atom stereocenters. The van der Waals surface area contributed by atoms with Crippen LogP contribution in [0, 0.1) is 29.6 Å². The van der Waals surface area contributed by atoms with Crippen molar-refractivity contribution in [1.29, 1.82) is 0 Å². The summed E-state index contributed by atoms with van der Waals surface area (Å²) in [5.74, 6) is 3.02. The molecule has 2 saturated carbocycles. The molecule has 1 heterocycles. The van der Waals surface area contributed by atoms with Gasteiger partial charge in [-0.25, -0.2) is 0 Å². The summed E-state index contributed by atoms with van der Waals surface area (Å²) in [6.45, 7) is 3.90. The van der Waals surface area contributed by atoms with Crippen molar-refractivity contribution in [3.05, 3.63) is 12.2 Å². The van der Waals surface area contributed by atoms with Crippen molar-refractivity contribution in [2.24, 2.45) is 29.6 Å². The van der Waals surface area contributed by atoms with E-state index in [2.05, 4.69) is 6.92 Å². The maximum absolute atomic E-state index is 12.4. The topological polar surface area (TPSA) is 18.5 Å². The van der Waals surface area contributed by atoms with Gasteiger partial charge < -0.3 is 9.47 Å². The maximum atomic E-state index is 12.4. The molecule has 25 heavy (non-hydrogen) atoms. The van der Waals surface area contributed by atoms with Gasteiger partial charge in [0.25, 0.3) is 6.08 Å². The normalized spacial score (nSPS) is 39.8. The fourth-order valence-corrected chi connectivity index (χ4v) is 5.28. The molecule has 0 aromatic rings. The largest absolute Gasteiger partial charge is 0.352 e. The van der Waals surface area contributed by atoms with E-state index < -0.39 is 6.08 Å². The Labute approximate surface area is 151 Å². The number of ether oxygens (including phenoxy) is 2. The molecule has 144 valence electrons. The lowest BCUT2D eigenvalue weighted by atomic mass is 9.67. The molecule has 0 aromatic heterocycles. The number of allylic oxidation sites excluding steroid dienone is 1. The highest BCUT2D eigenvalue weighted by Gasteiger charge is 2.35. The first-order chi connectivity index (χ1) is 12.2. The zero-order valence-electron chi connectivity index (χ0n) is 15.6. The van der Waals surface area contributed by atoms with Crippen LogP contribution in [0.5, 0.6) is 0 Å². The molecule has 3 aliphatic rings. The van der Waals surface area contributed by atoms with Gasteiger partial charge in [0.15, 0.2) is 6.29 Å². The fraction of sp³-hybridized carbons (Fsp3) is 0.905. The molecule has 0 unspecified atom stereocenters. The number of halogens is 2. The Hall–Kier alpha value is -0.480. The third-order valence-electron chi connectivity index (χ3n) is 6.84. The van der Waals surface area contributed by atoms with E-state index in [1.807, 2.05) is 0 Å². The summed E-state index contributed by atoms with van der Waals surface area (Å²) in [7, 11) is 0. The predicted octanol–water partition coefficient (Wildman–Crippen LogP) is 6.17. The van der Waals surface area contributed by atoms with Crippen LogP contribution >= 0.6 is 0 Å². The second kappa shape index (κ2) is 9.45. The molecule has 3 fully saturated rings. The van der Waals surface area contributed by atoms with Gasteiger partial charge in [-0.3, -0.25) is 0 Å². The van der Waals surface area contributed by atoms with Gasteiger partial charge in [0.05, 0.1) is 13.2 Å². The molecule has 0 radical (unpaired) electrons. The molecule has 0 aromatic carbocycles. The molecular formula is C21H34F2O2. The van der Waals surface area contributed by atoms with Gasteiger partial charge in [0.2, 0.25) is 0 Å². The molecule has 2 aliphatic carbocycles. The molecule has 1 aliphatic heterocycles. The molecule has 3 rings (SSSR count). The van der Waals surface area contributed by atoms with Crippen molar-refractivity contribution in [2.45, 2.75) is 77.4 Å². The first-order valence-corrected chi connectivity index (χ1v) is 10.4. The van der Waals surface area contributed by atoms with Crippen LogP contribution in [0.3, 0.4) is 0 Å². The van der Waals surface area contributed by atoms with Gasteiger partial charge in [0, 0.05) is 5.92 Å². The summed E-state index contributed by atoms with van der Waals surface area (Å²) in [5, 5.41) is 0. The highest BCUT2D eigenvalue weighted by molar-refractivity contribution is 4.92. The second-order valence-corrected chi connectivity index (χ2v) is 8.45. The summed E-state index contributed by atoms with van der Waals surface area (Å²) in [6.07, 6.45) is 11.2. The molecule has 0 bridgehead atoms. The van der Waals surface area contributed by atoms with Crippen LogP contribution in [0.15, 0.2) is 12.2 Å². The second-order valence-electron chi connectivity index (χ2n) is 8.45. The van der Waals surface area contributed by atoms with E-state index in [0.717, 1.165) is 69.5 Å². The first-order valence-electron chi connectivity index (χ1n) is 10.4. The van der Waals surface area contributed by atoms with Gasteiger partial charge in [-0.1, -0.05) is 13.3 Å². The molecule has 4 heteroatoms. The van der Waals surface area contributed by atoms with E-state index in [4.69, 9.17) is 9.47 Å². The van der Waals surface area contributed by atoms with Gasteiger partial charge in [-0.05, 0) is 87.5 Å². The summed E-state index contributed by atoms with van der Waals surface area (Å²) >= 11 is 0. The van der Waals surface area contributed by atoms with Gasteiger partial charge in [0.1, 0.15) is 0 Å². The van der Waals surface area contributed by atoms with Crippen molar-refractivity contribution >= 4 is 0 Å². The summed E-state index contributed by atoms with van der Waals surface area (Å²) in [6, 6.07) is 0. The lowest BCUT2D eigenvalue weighted by Crippen LogP contribution is -2.38. The molecule has 0 amide bonds. The zero-order chi connectivity index (χ0) is 17.6. The minimum atomic E-state index is -1.50. The lowest BCUT2D eigenvalue weighted by molar-refractivity contribution is -0.212. The number of hydrogen-bond acceptors (Lipinski definition) is 2. The standard InChI is InChI=1S/C21H34F2O2/c1-2-3-21-24-13-19(14-25-21)18-10-8-17(9-11-18)16-6-4-15(5-7-16)12-20(22)23/h12,15-19,21H,2-11,13-14H2,1H3. The average Bonchev–Trinajstić information content (AvgIpc) is 2.63. The predicted molar refractivity (Wildman–Crippen MR) is 95.3 cm³/mol. The first kappa shape index (κ1) is 19.3. The van der Waals surface area contributed by atoms with Crippen LogP contribution in [0.25, 0.3) is 0 Å². The molecule has 1 saturated heterocycles. The Kier molecular flexibility index (Phi) is 7.29. The lowest BCUT2D eigenvalue weighted by Gasteiger charge is -2.41. The van der Waals surface area contributed by atoms with Crippen LogP contribution < -0.4 is 0 Å². The molecule has 0 spiro atoms. The van der Waals surface area contributed by atoms with Crippen molar-refractivity contribution in [2.75, 3.05) is 13.2 Å². The van der Waals surface area contributed by atoms with Crippen LogP contribution in [-0.2, 0) is 9.47 Å². The highest BCUT2D eigenvalue weighted by Crippen LogP contribution is 2.43. The number of hydrogen-bond donors (Lipinski definition) is 0. The zero-order valence-corrected chi connectivity index (χ0v) is 15.6. The van der Waals surface area contributed by atoms with E-state index in [-0.39, 0.29) is 12.2 Å². The highest BCUT2D eigenvalue weighted by atomic mass is 19.3. The molecular weight excluding hydrogens is 322 g/mol. The van der Waals surface area contributed by atoms with E-state index >= 15 is 0 Å². The van der Waals surface area contributed by atoms with E-state index in [1.54, 1.807) is 0 Å². The number of rotatable bonds is 5.